The number of hydrogen-bond acceptors (Lipinski definition) is 4. The van der Waals surface area contributed by atoms with Crippen molar-refractivity contribution in [3.63, 3.8) is 0 Å². The Morgan fingerprint density at radius 1 is 1.00 bits per heavy atom. The number of nitrogens with one attached hydrogen (secondary N) is 2. The van der Waals surface area contributed by atoms with Gasteiger partial charge in [0.05, 0.1) is 33.9 Å². The number of aryl methyl sites for hydroxylation is 3. The fraction of sp³-hybridized carbons (Fsp3) is 0.231. The first-order valence-corrected chi connectivity index (χ1v) is 11.6. The molecule has 4 rings (SSSR count). The molecule has 0 aliphatic rings. The van der Waals surface area contributed by atoms with Gasteiger partial charge in [-0.1, -0.05) is 11.6 Å². The van der Waals surface area contributed by atoms with E-state index in [2.05, 4.69) is 20.7 Å². The van der Waals surface area contributed by atoms with Crippen LogP contribution in [0.1, 0.15) is 46.1 Å². The Morgan fingerprint density at radius 3 is 2.40 bits per heavy atom. The maximum absolute atomic E-state index is 13.0. The third kappa shape index (κ3) is 4.97. The summed E-state index contributed by atoms with van der Waals surface area (Å²) in [7, 11) is 0. The number of amides is 2. The van der Waals surface area contributed by atoms with E-state index >= 15 is 0 Å². The summed E-state index contributed by atoms with van der Waals surface area (Å²) in [6.07, 6.45) is 3.46. The van der Waals surface area contributed by atoms with Crippen molar-refractivity contribution < 1.29 is 9.59 Å². The molecule has 0 fully saturated rings. The number of carbonyl (C=O) groups is 2. The van der Waals surface area contributed by atoms with E-state index < -0.39 is 6.04 Å². The number of pyridine rings is 1. The number of benzene rings is 1. The minimum absolute atomic E-state index is 0.238. The van der Waals surface area contributed by atoms with Crippen LogP contribution in [0.15, 0.2) is 54.9 Å². The van der Waals surface area contributed by atoms with Gasteiger partial charge in [0.25, 0.3) is 5.91 Å². The van der Waals surface area contributed by atoms with E-state index in [9.17, 15) is 9.59 Å². The van der Waals surface area contributed by atoms with Crippen molar-refractivity contribution in [2.75, 3.05) is 10.6 Å². The molecule has 0 spiro atoms. The highest BCUT2D eigenvalue weighted by molar-refractivity contribution is 6.34. The number of rotatable bonds is 6. The third-order valence-electron chi connectivity index (χ3n) is 5.86. The molecule has 0 radical (unpaired) electrons. The number of halogens is 1. The van der Waals surface area contributed by atoms with Crippen LogP contribution in [-0.2, 0) is 4.79 Å². The average molecular weight is 491 g/mol. The SMILES string of the molecule is Cc1cc(C)n(C(C)C(=O)Nc2ccc(NC(=O)c3cc(C)n(-c4cccnc4)c3C)cc2Cl)n1. The number of hydrogen-bond donors (Lipinski definition) is 2. The van der Waals surface area contributed by atoms with E-state index in [1.54, 1.807) is 42.2 Å². The summed E-state index contributed by atoms with van der Waals surface area (Å²) in [4.78, 5) is 29.9. The van der Waals surface area contributed by atoms with Crippen LogP contribution in [0.4, 0.5) is 11.4 Å². The lowest BCUT2D eigenvalue weighted by molar-refractivity contribution is -0.119. The van der Waals surface area contributed by atoms with E-state index in [1.807, 2.05) is 56.5 Å². The van der Waals surface area contributed by atoms with Gasteiger partial charge in [0.15, 0.2) is 0 Å². The molecule has 3 heterocycles. The molecule has 0 aliphatic carbocycles. The van der Waals surface area contributed by atoms with Gasteiger partial charge in [-0.3, -0.25) is 19.3 Å². The molecule has 0 bridgehead atoms. The number of nitrogens with zero attached hydrogens (tertiary/aromatic N) is 4. The maximum Gasteiger partial charge on any atom is 0.257 e. The van der Waals surface area contributed by atoms with Gasteiger partial charge in [-0.05, 0) is 77.1 Å². The first-order valence-electron chi connectivity index (χ1n) is 11.2. The van der Waals surface area contributed by atoms with Crippen molar-refractivity contribution in [3.05, 3.63) is 88.2 Å². The van der Waals surface area contributed by atoms with Crippen LogP contribution < -0.4 is 10.6 Å². The van der Waals surface area contributed by atoms with Gasteiger partial charge < -0.3 is 15.2 Å². The molecule has 0 saturated carbocycles. The predicted octanol–water partition coefficient (Wildman–Crippen LogP) is 5.41. The minimum Gasteiger partial charge on any atom is -0.323 e. The lowest BCUT2D eigenvalue weighted by Gasteiger charge is -2.16. The quantitative estimate of drug-likeness (QED) is 0.378. The van der Waals surface area contributed by atoms with Crippen LogP contribution in [0.5, 0.6) is 0 Å². The molecule has 2 amide bonds. The van der Waals surface area contributed by atoms with Gasteiger partial charge >= 0.3 is 0 Å². The predicted molar refractivity (Wildman–Crippen MR) is 137 cm³/mol. The Morgan fingerprint density at radius 2 is 1.77 bits per heavy atom. The monoisotopic (exact) mass is 490 g/mol. The number of carbonyl (C=O) groups excluding carboxylic acids is 2. The summed E-state index contributed by atoms with van der Waals surface area (Å²) >= 11 is 6.43. The Balaban J connectivity index is 1.48. The highest BCUT2D eigenvalue weighted by atomic mass is 35.5. The zero-order valence-corrected chi connectivity index (χ0v) is 21.0. The van der Waals surface area contributed by atoms with Crippen LogP contribution in [0.2, 0.25) is 5.02 Å². The fourth-order valence-electron chi connectivity index (χ4n) is 4.16. The third-order valence-corrected chi connectivity index (χ3v) is 6.17. The molecule has 8 nitrogen and oxygen atoms in total. The van der Waals surface area contributed by atoms with E-state index in [0.29, 0.717) is 22.0 Å². The van der Waals surface area contributed by atoms with Crippen molar-refractivity contribution in [1.82, 2.24) is 19.3 Å². The standard InChI is InChI=1S/C26H27ClN6O2/c1-15-11-17(3)33(31-15)19(5)25(34)30-24-9-8-20(13-23(24)27)29-26(35)22-12-16(2)32(18(22)4)21-7-6-10-28-14-21/h6-14,19H,1-5H3,(H,29,35)(H,30,34). The van der Waals surface area contributed by atoms with Gasteiger partial charge in [0, 0.05) is 29.0 Å². The first kappa shape index (κ1) is 24.2. The van der Waals surface area contributed by atoms with Crippen LogP contribution >= 0.6 is 11.6 Å². The summed E-state index contributed by atoms with van der Waals surface area (Å²) in [5, 5.41) is 10.4. The van der Waals surface area contributed by atoms with E-state index in [-0.39, 0.29) is 11.8 Å². The molecule has 0 aliphatic heterocycles. The Labute approximate surface area is 208 Å². The second-order valence-electron chi connectivity index (χ2n) is 8.52. The van der Waals surface area contributed by atoms with Crippen LogP contribution in [0.3, 0.4) is 0 Å². The second-order valence-corrected chi connectivity index (χ2v) is 8.92. The lowest BCUT2D eigenvalue weighted by Crippen LogP contribution is -2.25. The minimum atomic E-state index is -0.505. The van der Waals surface area contributed by atoms with Gasteiger partial charge in [0.2, 0.25) is 5.91 Å². The molecule has 9 heteroatoms. The normalized spacial score (nSPS) is 11.8. The first-order chi connectivity index (χ1) is 16.7. The van der Waals surface area contributed by atoms with Crippen molar-refractivity contribution in [1.29, 1.82) is 0 Å². The average Bonchev–Trinajstić information content (AvgIpc) is 3.32. The summed E-state index contributed by atoms with van der Waals surface area (Å²) < 4.78 is 3.66. The summed E-state index contributed by atoms with van der Waals surface area (Å²) in [6.45, 7) is 9.40. The smallest absolute Gasteiger partial charge is 0.257 e. The molecule has 2 N–H and O–H groups in total. The topological polar surface area (TPSA) is 93.8 Å². The van der Waals surface area contributed by atoms with Gasteiger partial charge in [0.1, 0.15) is 6.04 Å². The summed E-state index contributed by atoms with van der Waals surface area (Å²) in [5.41, 5.74) is 5.90. The van der Waals surface area contributed by atoms with E-state index in [0.717, 1.165) is 28.5 Å². The maximum atomic E-state index is 13.0. The van der Waals surface area contributed by atoms with Gasteiger partial charge in [-0.2, -0.15) is 5.10 Å². The van der Waals surface area contributed by atoms with E-state index in [1.165, 1.54) is 0 Å². The van der Waals surface area contributed by atoms with Crippen molar-refractivity contribution in [3.8, 4) is 5.69 Å². The lowest BCUT2D eigenvalue weighted by atomic mass is 10.2. The van der Waals surface area contributed by atoms with Crippen LogP contribution in [0.25, 0.3) is 5.69 Å². The molecule has 1 aromatic carbocycles. The zero-order valence-electron chi connectivity index (χ0n) is 20.3. The molecule has 4 aromatic rings. The molecular formula is C26H27ClN6O2. The zero-order chi connectivity index (χ0) is 25.3. The van der Waals surface area contributed by atoms with Crippen LogP contribution in [0, 0.1) is 27.7 Å². The molecule has 1 unspecified atom stereocenters. The van der Waals surface area contributed by atoms with Gasteiger partial charge in [-0.25, -0.2) is 0 Å². The Kier molecular flexibility index (Phi) is 6.75. The number of aromatic nitrogens is 4. The summed E-state index contributed by atoms with van der Waals surface area (Å²) in [6, 6.07) is 12.0. The largest absolute Gasteiger partial charge is 0.323 e. The Hall–Kier alpha value is -3.91. The van der Waals surface area contributed by atoms with Gasteiger partial charge in [-0.15, -0.1) is 0 Å². The van der Waals surface area contributed by atoms with Crippen molar-refractivity contribution in [2.45, 2.75) is 40.7 Å². The van der Waals surface area contributed by atoms with Crippen molar-refractivity contribution in [2.24, 2.45) is 0 Å². The Bertz CT molecular complexity index is 1410. The molecule has 35 heavy (non-hydrogen) atoms. The van der Waals surface area contributed by atoms with Crippen LogP contribution in [-0.4, -0.2) is 31.1 Å². The molecule has 3 aromatic heterocycles. The second kappa shape index (κ2) is 9.76. The fourth-order valence-corrected chi connectivity index (χ4v) is 4.38. The molecule has 0 saturated heterocycles. The highest BCUT2D eigenvalue weighted by Crippen LogP contribution is 2.28. The molecule has 1 atom stereocenters. The molecule has 180 valence electrons. The highest BCUT2D eigenvalue weighted by Gasteiger charge is 2.20. The van der Waals surface area contributed by atoms with Crippen molar-refractivity contribution >= 4 is 34.8 Å². The summed E-state index contributed by atoms with van der Waals surface area (Å²) in [5.74, 6) is -0.489. The molecular weight excluding hydrogens is 464 g/mol. The number of anilines is 2. The van der Waals surface area contributed by atoms with E-state index in [4.69, 9.17) is 11.6 Å².